The second-order valence-corrected chi connectivity index (χ2v) is 2.44. The van der Waals surface area contributed by atoms with Crippen molar-refractivity contribution < 1.29 is 9.53 Å². The topological polar surface area (TPSA) is 55.6 Å². The van der Waals surface area contributed by atoms with Crippen molar-refractivity contribution in [3.63, 3.8) is 0 Å². The van der Waals surface area contributed by atoms with Crippen LogP contribution in [0, 0.1) is 0 Å². The molecule has 1 amide bonds. The molecule has 72 valence electrons. The van der Waals surface area contributed by atoms with Gasteiger partial charge in [-0.2, -0.15) is 0 Å². The molecule has 0 aromatic rings. The predicted molar refractivity (Wildman–Crippen MR) is 47.8 cm³/mol. The Morgan fingerprint density at radius 1 is 1.67 bits per heavy atom. The zero-order valence-electron chi connectivity index (χ0n) is 8.04. The lowest BCUT2D eigenvalue weighted by atomic mass is 10.3. The predicted octanol–water partition coefficient (Wildman–Crippen LogP) is -0.171. The minimum Gasteiger partial charge on any atom is -0.365 e. The zero-order chi connectivity index (χ0) is 9.56. The fourth-order valence-electron chi connectivity index (χ4n) is 0.902. The molecule has 0 aromatic heterocycles. The normalized spacial score (nSPS) is 23.2. The van der Waals surface area contributed by atoms with Gasteiger partial charge in [-0.05, 0) is 0 Å². The molecule has 1 atom stereocenters. The number of carbonyl (C=O) groups excluding carboxylic acids is 1. The summed E-state index contributed by atoms with van der Waals surface area (Å²) in [6.07, 6.45) is 0.0303. The maximum atomic E-state index is 10.8. The van der Waals surface area contributed by atoms with Crippen LogP contribution in [-0.4, -0.2) is 43.7 Å². The Morgan fingerprint density at radius 2 is 2.25 bits per heavy atom. The Hall–Kier alpha value is -0.610. The highest BCUT2D eigenvalue weighted by Gasteiger charge is 2.21. The third-order valence-electron chi connectivity index (χ3n) is 1.61. The van der Waals surface area contributed by atoms with Gasteiger partial charge in [0.25, 0.3) is 0 Å². The summed E-state index contributed by atoms with van der Waals surface area (Å²) < 4.78 is 5.09. The van der Waals surface area contributed by atoms with Crippen molar-refractivity contribution in [1.82, 2.24) is 4.90 Å². The summed E-state index contributed by atoms with van der Waals surface area (Å²) >= 11 is 0. The number of rotatable bonds is 1. The smallest absolute Gasteiger partial charge is 0.248 e. The van der Waals surface area contributed by atoms with E-state index in [-0.39, 0.29) is 18.6 Å². The maximum absolute atomic E-state index is 10.8. The van der Waals surface area contributed by atoms with E-state index in [0.29, 0.717) is 13.1 Å². The van der Waals surface area contributed by atoms with Crippen molar-refractivity contribution in [2.75, 3.05) is 26.7 Å². The van der Waals surface area contributed by atoms with Gasteiger partial charge in [-0.25, -0.2) is 0 Å². The molecule has 12 heavy (non-hydrogen) atoms. The van der Waals surface area contributed by atoms with Crippen LogP contribution < -0.4 is 5.73 Å². The molecule has 0 aromatic carbocycles. The van der Waals surface area contributed by atoms with Gasteiger partial charge < -0.3 is 15.4 Å². The summed E-state index contributed by atoms with van der Waals surface area (Å²) in [5.41, 5.74) is 5.35. The fraction of sp³-hybridized carbons (Fsp3) is 0.875. The first kappa shape index (κ1) is 11.4. The molecule has 0 spiro atoms. The highest BCUT2D eigenvalue weighted by molar-refractivity contribution is 5.77. The van der Waals surface area contributed by atoms with Gasteiger partial charge in [0.1, 0.15) is 6.61 Å². The lowest BCUT2D eigenvalue weighted by Crippen LogP contribution is -2.47. The molecule has 1 saturated heterocycles. The molecule has 1 heterocycles. The Morgan fingerprint density at radius 3 is 2.67 bits per heavy atom. The van der Waals surface area contributed by atoms with Crippen molar-refractivity contribution in [3.8, 4) is 0 Å². The first-order valence-electron chi connectivity index (χ1n) is 4.29. The minimum absolute atomic E-state index is 0.0303. The molecule has 0 aliphatic carbocycles. The van der Waals surface area contributed by atoms with Crippen LogP contribution in [0.15, 0.2) is 0 Å². The van der Waals surface area contributed by atoms with E-state index in [1.807, 2.05) is 13.8 Å². The average Bonchev–Trinajstić information content (AvgIpc) is 2.13. The van der Waals surface area contributed by atoms with Crippen molar-refractivity contribution in [3.05, 3.63) is 0 Å². The highest BCUT2D eigenvalue weighted by atomic mass is 16.5. The maximum Gasteiger partial charge on any atom is 0.248 e. The summed E-state index contributed by atoms with van der Waals surface area (Å²) in [7, 11) is 1.76. The summed E-state index contributed by atoms with van der Waals surface area (Å²) in [6.45, 7) is 5.28. The second kappa shape index (κ2) is 5.97. The first-order chi connectivity index (χ1) is 5.74. The molecule has 1 aliphatic heterocycles. The van der Waals surface area contributed by atoms with E-state index in [0.717, 1.165) is 0 Å². The average molecular weight is 174 g/mol. The first-order valence-corrected chi connectivity index (χ1v) is 4.29. The van der Waals surface area contributed by atoms with Crippen LogP contribution in [0.3, 0.4) is 0 Å². The van der Waals surface area contributed by atoms with E-state index in [1.165, 1.54) is 0 Å². The highest BCUT2D eigenvalue weighted by Crippen LogP contribution is 2.01. The Bertz CT molecular complexity index is 139. The lowest BCUT2D eigenvalue weighted by molar-refractivity contribution is -0.146. The molecule has 1 aliphatic rings. The van der Waals surface area contributed by atoms with Crippen LogP contribution in [0.4, 0.5) is 0 Å². The van der Waals surface area contributed by atoms with Crippen molar-refractivity contribution in [1.29, 1.82) is 0 Å². The van der Waals surface area contributed by atoms with Gasteiger partial charge in [0.05, 0.1) is 6.10 Å². The summed E-state index contributed by atoms with van der Waals surface area (Å²) in [6, 6.07) is 0. The van der Waals surface area contributed by atoms with Crippen LogP contribution in [0.25, 0.3) is 0 Å². The standard InChI is InChI=1S/C6H12N2O2.C2H6/c1-8-3-5(2-7)10-4-6(8)9;1-2/h5H,2-4,7H2,1H3;1-2H3. The Labute approximate surface area is 73.7 Å². The van der Waals surface area contributed by atoms with Gasteiger partial charge in [0.15, 0.2) is 0 Å². The molecular formula is C8H18N2O2. The number of likely N-dealkylation sites (N-methyl/N-ethyl adjacent to an activating group) is 1. The minimum atomic E-state index is 0.0303. The molecule has 0 saturated carbocycles. The summed E-state index contributed by atoms with van der Waals surface area (Å²) in [4.78, 5) is 12.5. The monoisotopic (exact) mass is 174 g/mol. The number of nitrogens with two attached hydrogens (primary N) is 1. The SMILES string of the molecule is CC.CN1CC(CN)OCC1=O. The van der Waals surface area contributed by atoms with E-state index in [1.54, 1.807) is 11.9 Å². The molecule has 2 N–H and O–H groups in total. The molecule has 1 unspecified atom stereocenters. The second-order valence-electron chi connectivity index (χ2n) is 2.44. The number of morpholine rings is 1. The zero-order valence-corrected chi connectivity index (χ0v) is 8.04. The van der Waals surface area contributed by atoms with E-state index in [9.17, 15) is 4.79 Å². The van der Waals surface area contributed by atoms with Crippen molar-refractivity contribution >= 4 is 5.91 Å². The van der Waals surface area contributed by atoms with Crippen LogP contribution in [-0.2, 0) is 9.53 Å². The van der Waals surface area contributed by atoms with Crippen molar-refractivity contribution in [2.45, 2.75) is 20.0 Å². The van der Waals surface area contributed by atoms with E-state index in [2.05, 4.69) is 0 Å². The fourth-order valence-corrected chi connectivity index (χ4v) is 0.902. The molecule has 4 heteroatoms. The molecule has 1 rings (SSSR count). The van der Waals surface area contributed by atoms with Crippen LogP contribution in [0.5, 0.6) is 0 Å². The molecular weight excluding hydrogens is 156 g/mol. The van der Waals surface area contributed by atoms with Crippen molar-refractivity contribution in [2.24, 2.45) is 5.73 Å². The Kier molecular flexibility index (Phi) is 5.66. The van der Waals surface area contributed by atoms with Gasteiger partial charge in [-0.3, -0.25) is 4.79 Å². The molecule has 4 nitrogen and oxygen atoms in total. The molecule has 1 fully saturated rings. The van der Waals surface area contributed by atoms with E-state index < -0.39 is 0 Å². The lowest BCUT2D eigenvalue weighted by Gasteiger charge is -2.28. The number of amides is 1. The number of ether oxygens (including phenoxy) is 1. The van der Waals surface area contributed by atoms with Crippen LogP contribution >= 0.6 is 0 Å². The largest absolute Gasteiger partial charge is 0.365 e. The molecule has 0 bridgehead atoms. The van der Waals surface area contributed by atoms with Gasteiger partial charge >= 0.3 is 0 Å². The number of hydrogen-bond acceptors (Lipinski definition) is 3. The third kappa shape index (κ3) is 3.19. The van der Waals surface area contributed by atoms with Gasteiger partial charge in [-0.15, -0.1) is 0 Å². The van der Waals surface area contributed by atoms with Gasteiger partial charge in [0.2, 0.25) is 5.91 Å². The summed E-state index contributed by atoms with van der Waals surface area (Å²) in [5, 5.41) is 0. The number of carbonyl (C=O) groups is 1. The summed E-state index contributed by atoms with van der Waals surface area (Å²) in [5.74, 6) is 0.0321. The third-order valence-corrected chi connectivity index (χ3v) is 1.61. The van der Waals surface area contributed by atoms with Gasteiger partial charge in [0, 0.05) is 20.1 Å². The van der Waals surface area contributed by atoms with E-state index >= 15 is 0 Å². The van der Waals surface area contributed by atoms with Gasteiger partial charge in [-0.1, -0.05) is 13.8 Å². The Balaban J connectivity index is 0.000000561. The van der Waals surface area contributed by atoms with Crippen LogP contribution in [0.1, 0.15) is 13.8 Å². The van der Waals surface area contributed by atoms with E-state index in [4.69, 9.17) is 10.5 Å². The van der Waals surface area contributed by atoms with Crippen LogP contribution in [0.2, 0.25) is 0 Å². The number of nitrogens with zero attached hydrogens (tertiary/aromatic N) is 1. The quantitative estimate of drug-likeness (QED) is 0.600. The number of hydrogen-bond donors (Lipinski definition) is 1. The molecule has 0 radical (unpaired) electrons.